The van der Waals surface area contributed by atoms with Crippen LogP contribution in [0.2, 0.25) is 0 Å². The lowest BCUT2D eigenvalue weighted by Gasteiger charge is -2.32. The molecule has 2 unspecified atom stereocenters. The maximum atomic E-state index is 12.8. The molecule has 0 amide bonds. The number of unbranched alkanes of at least 4 members (excludes halogenated alkanes) is 33. The second kappa shape index (κ2) is 59.4. The Labute approximate surface area is 461 Å². The lowest BCUT2D eigenvalue weighted by molar-refractivity contribution is -0.159. The molecule has 0 saturated carbocycles. The zero-order valence-corrected chi connectivity index (χ0v) is 50.5. The van der Waals surface area contributed by atoms with Crippen molar-refractivity contribution in [1.82, 2.24) is 4.90 Å². The summed E-state index contributed by atoms with van der Waals surface area (Å²) in [5, 5.41) is 10.4. The Morgan fingerprint density at radius 3 is 1.08 bits per heavy atom. The first-order chi connectivity index (χ1) is 36.3. The van der Waals surface area contributed by atoms with Gasteiger partial charge in [-0.25, -0.2) is 0 Å². The third-order valence-corrected chi connectivity index (χ3v) is 15.0. The van der Waals surface area contributed by atoms with Gasteiger partial charge < -0.3 is 28.8 Å². The molecule has 0 fully saturated rings. The first-order valence-corrected chi connectivity index (χ1v) is 32.8. The minimum Gasteiger partial charge on any atom is -0.466 e. The standard InChI is InChI=1S/C65H129NO8/c1-7-11-15-19-23-24-30-38-46-62(70-53-41-33-25-20-16-12-8-2)47-48-63(68)71-54-42-36-28-31-39-51-66(61(59-67)58-60(5)6)52-40-32-29-37-43-55-72-64(69)49-50-65(73-56-44-34-26-21-17-13-9-3)74-57-45-35-27-22-18-14-10-4/h60-62,65,67H,7-59H2,1-6H3. The van der Waals surface area contributed by atoms with E-state index in [9.17, 15) is 14.7 Å². The second-order valence-corrected chi connectivity index (χ2v) is 22.8. The van der Waals surface area contributed by atoms with Gasteiger partial charge in [0.1, 0.15) is 0 Å². The van der Waals surface area contributed by atoms with E-state index in [4.69, 9.17) is 23.7 Å². The molecule has 442 valence electrons. The Morgan fingerprint density at radius 1 is 0.378 bits per heavy atom. The molecular weight excluding hydrogens is 923 g/mol. The van der Waals surface area contributed by atoms with Crippen molar-refractivity contribution < 1.29 is 38.4 Å². The van der Waals surface area contributed by atoms with E-state index >= 15 is 0 Å². The van der Waals surface area contributed by atoms with E-state index in [1.165, 1.54) is 167 Å². The average Bonchev–Trinajstić information content (AvgIpc) is 3.39. The van der Waals surface area contributed by atoms with Crippen molar-refractivity contribution in [1.29, 1.82) is 0 Å². The molecular formula is C65H129NO8. The Kier molecular flexibility index (Phi) is 58.4. The van der Waals surface area contributed by atoms with Crippen molar-refractivity contribution in [3.63, 3.8) is 0 Å². The number of carbonyl (C=O) groups is 2. The third-order valence-electron chi connectivity index (χ3n) is 15.0. The number of aliphatic hydroxyl groups is 1. The van der Waals surface area contributed by atoms with Crippen LogP contribution in [0.15, 0.2) is 0 Å². The number of nitrogens with zero attached hydrogens (tertiary/aromatic N) is 1. The molecule has 0 aliphatic rings. The number of aliphatic hydroxyl groups excluding tert-OH is 1. The quantitative estimate of drug-likeness (QED) is 0.0362. The van der Waals surface area contributed by atoms with Crippen LogP contribution in [0, 0.1) is 5.92 Å². The van der Waals surface area contributed by atoms with Gasteiger partial charge in [-0.15, -0.1) is 0 Å². The minimum absolute atomic E-state index is 0.0705. The molecule has 0 spiro atoms. The van der Waals surface area contributed by atoms with Gasteiger partial charge in [0.25, 0.3) is 0 Å². The summed E-state index contributed by atoms with van der Waals surface area (Å²) < 4.78 is 30.0. The van der Waals surface area contributed by atoms with Crippen LogP contribution in [0.25, 0.3) is 0 Å². The van der Waals surface area contributed by atoms with E-state index in [1.807, 2.05) is 0 Å². The maximum Gasteiger partial charge on any atom is 0.305 e. The van der Waals surface area contributed by atoms with Gasteiger partial charge in [0.2, 0.25) is 0 Å². The van der Waals surface area contributed by atoms with Crippen LogP contribution in [0.3, 0.4) is 0 Å². The fourth-order valence-corrected chi connectivity index (χ4v) is 10.2. The van der Waals surface area contributed by atoms with Gasteiger partial charge >= 0.3 is 11.9 Å². The van der Waals surface area contributed by atoms with E-state index in [0.29, 0.717) is 51.6 Å². The normalized spacial score (nSPS) is 12.7. The van der Waals surface area contributed by atoms with Crippen LogP contribution in [-0.2, 0) is 33.3 Å². The number of ether oxygens (including phenoxy) is 5. The molecule has 0 aliphatic carbocycles. The fraction of sp³-hybridized carbons (Fsp3) is 0.969. The second-order valence-electron chi connectivity index (χ2n) is 22.8. The smallest absolute Gasteiger partial charge is 0.305 e. The summed E-state index contributed by atoms with van der Waals surface area (Å²) in [5.74, 6) is 0.324. The summed E-state index contributed by atoms with van der Waals surface area (Å²) in [5.41, 5.74) is 0. The molecule has 1 N–H and O–H groups in total. The summed E-state index contributed by atoms with van der Waals surface area (Å²) >= 11 is 0. The van der Waals surface area contributed by atoms with Crippen LogP contribution >= 0.6 is 0 Å². The Bertz CT molecular complexity index is 1010. The fourth-order valence-electron chi connectivity index (χ4n) is 10.2. The number of hydrogen-bond acceptors (Lipinski definition) is 9. The lowest BCUT2D eigenvalue weighted by Crippen LogP contribution is -2.40. The van der Waals surface area contributed by atoms with Crippen molar-refractivity contribution in [3.05, 3.63) is 0 Å². The van der Waals surface area contributed by atoms with Crippen molar-refractivity contribution in [2.75, 3.05) is 52.7 Å². The highest BCUT2D eigenvalue weighted by molar-refractivity contribution is 5.69. The number of hydrogen-bond donors (Lipinski definition) is 1. The van der Waals surface area contributed by atoms with Gasteiger partial charge in [-0.3, -0.25) is 14.5 Å². The van der Waals surface area contributed by atoms with Gasteiger partial charge in [0, 0.05) is 38.7 Å². The van der Waals surface area contributed by atoms with Gasteiger partial charge in [-0.2, -0.15) is 0 Å². The van der Waals surface area contributed by atoms with E-state index in [-0.39, 0.29) is 37.0 Å². The minimum atomic E-state index is -0.329. The number of carbonyl (C=O) groups excluding carboxylic acids is 2. The monoisotopic (exact) mass is 1050 g/mol. The van der Waals surface area contributed by atoms with E-state index in [2.05, 4.69) is 46.4 Å². The van der Waals surface area contributed by atoms with Gasteiger partial charge in [-0.1, -0.05) is 247 Å². The van der Waals surface area contributed by atoms with Crippen molar-refractivity contribution in [3.8, 4) is 0 Å². The van der Waals surface area contributed by atoms with Crippen LogP contribution in [-0.4, -0.2) is 93.1 Å². The summed E-state index contributed by atoms with van der Waals surface area (Å²) in [6.07, 6.45) is 51.7. The number of rotatable bonds is 62. The molecule has 0 heterocycles. The van der Waals surface area contributed by atoms with Crippen LogP contribution in [0.1, 0.15) is 330 Å². The van der Waals surface area contributed by atoms with Gasteiger partial charge in [-0.05, 0) is 83.2 Å². The lowest BCUT2D eigenvalue weighted by atomic mass is 10.0. The van der Waals surface area contributed by atoms with Crippen LogP contribution < -0.4 is 0 Å². The third kappa shape index (κ3) is 52.8. The van der Waals surface area contributed by atoms with E-state index in [1.54, 1.807) is 0 Å². The molecule has 0 bridgehead atoms. The molecule has 0 rings (SSSR count). The topological polar surface area (TPSA) is 104 Å². The zero-order chi connectivity index (χ0) is 54.1. The molecule has 0 aromatic carbocycles. The average molecular weight is 1050 g/mol. The highest BCUT2D eigenvalue weighted by Gasteiger charge is 2.19. The Balaban J connectivity index is 4.50. The highest BCUT2D eigenvalue weighted by Crippen LogP contribution is 2.19. The Hall–Kier alpha value is -1.26. The largest absolute Gasteiger partial charge is 0.466 e. The summed E-state index contributed by atoms with van der Waals surface area (Å²) in [7, 11) is 0. The van der Waals surface area contributed by atoms with Crippen molar-refractivity contribution in [2.24, 2.45) is 5.92 Å². The highest BCUT2D eigenvalue weighted by atomic mass is 16.7. The van der Waals surface area contributed by atoms with E-state index in [0.717, 1.165) is 122 Å². The van der Waals surface area contributed by atoms with Crippen LogP contribution in [0.5, 0.6) is 0 Å². The maximum absolute atomic E-state index is 12.8. The van der Waals surface area contributed by atoms with Crippen molar-refractivity contribution >= 4 is 11.9 Å². The molecule has 0 aliphatic heterocycles. The number of esters is 2. The summed E-state index contributed by atoms with van der Waals surface area (Å²) in [6.45, 7) is 19.0. The molecule has 9 heteroatoms. The first kappa shape index (κ1) is 72.7. The summed E-state index contributed by atoms with van der Waals surface area (Å²) in [6, 6.07) is 0.204. The molecule has 0 aromatic rings. The first-order valence-electron chi connectivity index (χ1n) is 32.8. The summed E-state index contributed by atoms with van der Waals surface area (Å²) in [4.78, 5) is 28.0. The van der Waals surface area contributed by atoms with Gasteiger partial charge in [0.15, 0.2) is 6.29 Å². The van der Waals surface area contributed by atoms with Crippen LogP contribution in [0.4, 0.5) is 0 Å². The van der Waals surface area contributed by atoms with E-state index < -0.39 is 0 Å². The zero-order valence-electron chi connectivity index (χ0n) is 50.5. The molecule has 9 nitrogen and oxygen atoms in total. The molecule has 0 saturated heterocycles. The molecule has 0 aromatic heterocycles. The van der Waals surface area contributed by atoms with Gasteiger partial charge in [0.05, 0.1) is 32.3 Å². The molecule has 2 atom stereocenters. The SMILES string of the molecule is CCCCCCCCCCC(CCC(=O)OCCCCCCCN(CCCCCCCOC(=O)CCC(OCCCCCCCCC)OCCCCCCCCC)C(CO)CC(C)C)OCCCCCCCCC. The molecule has 0 radical (unpaired) electrons. The Morgan fingerprint density at radius 2 is 0.703 bits per heavy atom. The molecule has 74 heavy (non-hydrogen) atoms. The predicted octanol–water partition coefficient (Wildman–Crippen LogP) is 18.8. The van der Waals surface area contributed by atoms with Crippen molar-refractivity contribution in [2.45, 2.75) is 349 Å². The predicted molar refractivity (Wildman–Crippen MR) is 315 cm³/mol.